The Balaban J connectivity index is 2.69. The number of aromatic nitrogens is 2. The van der Waals surface area contributed by atoms with Crippen LogP contribution in [0.4, 0.5) is 11.6 Å². The summed E-state index contributed by atoms with van der Waals surface area (Å²) in [6, 6.07) is 1.08. The smallest absolute Gasteiger partial charge is 0.135 e. The highest BCUT2D eigenvalue weighted by Gasteiger charge is 2.15. The van der Waals surface area contributed by atoms with Crippen molar-refractivity contribution in [2.24, 2.45) is 0 Å². The summed E-state index contributed by atoms with van der Waals surface area (Å²) in [5, 5.41) is 3.40. The van der Waals surface area contributed by atoms with E-state index in [2.05, 4.69) is 61.7 Å². The van der Waals surface area contributed by atoms with E-state index in [1.165, 1.54) is 6.33 Å². The van der Waals surface area contributed by atoms with Crippen LogP contribution in [0.15, 0.2) is 6.33 Å². The van der Waals surface area contributed by atoms with Gasteiger partial charge in [0.25, 0.3) is 0 Å². The SMILES string of the molecule is CC(C)c1c(N)ncnc1NCCN(C(C)C)C(C)C. The lowest BCUT2D eigenvalue weighted by molar-refractivity contribution is 0.182. The predicted molar refractivity (Wildman–Crippen MR) is 86.0 cm³/mol. The van der Waals surface area contributed by atoms with Crippen molar-refractivity contribution in [1.82, 2.24) is 14.9 Å². The van der Waals surface area contributed by atoms with Crippen LogP contribution in [-0.2, 0) is 0 Å². The van der Waals surface area contributed by atoms with E-state index < -0.39 is 0 Å². The maximum absolute atomic E-state index is 5.95. The van der Waals surface area contributed by atoms with E-state index in [0.717, 1.165) is 24.5 Å². The number of hydrogen-bond acceptors (Lipinski definition) is 5. The summed E-state index contributed by atoms with van der Waals surface area (Å²) in [5.74, 6) is 1.74. The van der Waals surface area contributed by atoms with Gasteiger partial charge >= 0.3 is 0 Å². The predicted octanol–water partition coefficient (Wildman–Crippen LogP) is 2.71. The molecular formula is C15H29N5. The zero-order valence-corrected chi connectivity index (χ0v) is 13.6. The molecule has 1 aromatic rings. The molecule has 0 aromatic carbocycles. The van der Waals surface area contributed by atoms with Crippen molar-refractivity contribution in [3.8, 4) is 0 Å². The Kier molecular flexibility index (Phi) is 6.20. The van der Waals surface area contributed by atoms with Gasteiger partial charge in [0.05, 0.1) is 0 Å². The minimum Gasteiger partial charge on any atom is -0.383 e. The van der Waals surface area contributed by atoms with Gasteiger partial charge in [0.2, 0.25) is 0 Å². The molecular weight excluding hydrogens is 250 g/mol. The fourth-order valence-electron chi connectivity index (χ4n) is 2.54. The lowest BCUT2D eigenvalue weighted by Crippen LogP contribution is -2.40. The zero-order chi connectivity index (χ0) is 15.3. The molecule has 1 rings (SSSR count). The normalized spacial score (nSPS) is 11.9. The molecule has 0 fully saturated rings. The zero-order valence-electron chi connectivity index (χ0n) is 13.6. The molecule has 5 heteroatoms. The molecule has 0 bridgehead atoms. The Morgan fingerprint density at radius 2 is 1.70 bits per heavy atom. The van der Waals surface area contributed by atoms with Crippen LogP contribution in [-0.4, -0.2) is 40.0 Å². The van der Waals surface area contributed by atoms with Gasteiger partial charge in [0.15, 0.2) is 0 Å². The quantitative estimate of drug-likeness (QED) is 0.803. The number of nitrogen functional groups attached to an aromatic ring is 1. The van der Waals surface area contributed by atoms with E-state index in [1.54, 1.807) is 0 Å². The highest BCUT2D eigenvalue weighted by atomic mass is 15.2. The van der Waals surface area contributed by atoms with Crippen molar-refractivity contribution < 1.29 is 0 Å². The topological polar surface area (TPSA) is 67.1 Å². The van der Waals surface area contributed by atoms with Gasteiger partial charge in [-0.15, -0.1) is 0 Å². The molecule has 0 saturated carbocycles. The van der Waals surface area contributed by atoms with Crippen molar-refractivity contribution in [2.45, 2.75) is 59.5 Å². The van der Waals surface area contributed by atoms with Crippen molar-refractivity contribution in [1.29, 1.82) is 0 Å². The molecule has 0 aliphatic carbocycles. The summed E-state index contributed by atoms with van der Waals surface area (Å²) < 4.78 is 0. The second kappa shape index (κ2) is 7.43. The van der Waals surface area contributed by atoms with E-state index in [0.29, 0.717) is 23.8 Å². The van der Waals surface area contributed by atoms with Gasteiger partial charge in [-0.05, 0) is 33.6 Å². The highest BCUT2D eigenvalue weighted by molar-refractivity contribution is 5.56. The van der Waals surface area contributed by atoms with Crippen LogP contribution >= 0.6 is 0 Å². The van der Waals surface area contributed by atoms with E-state index in [4.69, 9.17) is 5.73 Å². The standard InChI is InChI=1S/C15H29N5/c1-10(2)13-14(16)18-9-19-15(13)17-7-8-20(11(3)4)12(5)6/h9-12H,7-8H2,1-6H3,(H3,16,17,18,19). The van der Waals surface area contributed by atoms with Gasteiger partial charge in [0.1, 0.15) is 18.0 Å². The summed E-state index contributed by atoms with van der Waals surface area (Å²) in [6.07, 6.45) is 1.52. The first kappa shape index (κ1) is 16.7. The average molecular weight is 279 g/mol. The fraction of sp³-hybridized carbons (Fsp3) is 0.733. The molecule has 3 N–H and O–H groups in total. The third-order valence-electron chi connectivity index (χ3n) is 3.48. The summed E-state index contributed by atoms with van der Waals surface area (Å²) in [6.45, 7) is 14.9. The molecule has 0 saturated heterocycles. The van der Waals surface area contributed by atoms with Gasteiger partial charge in [-0.1, -0.05) is 13.8 Å². The minimum atomic E-state index is 0.310. The van der Waals surface area contributed by atoms with Crippen LogP contribution in [0.3, 0.4) is 0 Å². The Bertz CT molecular complexity index is 407. The van der Waals surface area contributed by atoms with Crippen LogP contribution in [0, 0.1) is 0 Å². The summed E-state index contributed by atoms with van der Waals surface area (Å²) in [5.41, 5.74) is 6.96. The van der Waals surface area contributed by atoms with Crippen LogP contribution < -0.4 is 11.1 Å². The van der Waals surface area contributed by atoms with Crippen molar-refractivity contribution in [3.05, 3.63) is 11.9 Å². The highest BCUT2D eigenvalue weighted by Crippen LogP contribution is 2.25. The molecule has 0 atom stereocenters. The molecule has 0 radical (unpaired) electrons. The molecule has 114 valence electrons. The average Bonchev–Trinajstić information content (AvgIpc) is 2.33. The first-order valence-electron chi connectivity index (χ1n) is 7.44. The minimum absolute atomic E-state index is 0.310. The molecule has 0 unspecified atom stereocenters. The van der Waals surface area contributed by atoms with E-state index in [9.17, 15) is 0 Å². The molecule has 1 heterocycles. The number of nitrogens with one attached hydrogen (secondary N) is 1. The van der Waals surface area contributed by atoms with Crippen molar-refractivity contribution in [2.75, 3.05) is 24.1 Å². The number of hydrogen-bond donors (Lipinski definition) is 2. The van der Waals surface area contributed by atoms with Gasteiger partial charge in [-0.3, -0.25) is 4.90 Å². The Morgan fingerprint density at radius 3 is 2.20 bits per heavy atom. The fourth-order valence-corrected chi connectivity index (χ4v) is 2.54. The number of anilines is 2. The van der Waals surface area contributed by atoms with E-state index in [-0.39, 0.29) is 0 Å². The van der Waals surface area contributed by atoms with Gasteiger partial charge < -0.3 is 11.1 Å². The summed E-state index contributed by atoms with van der Waals surface area (Å²) >= 11 is 0. The maximum atomic E-state index is 5.95. The molecule has 5 nitrogen and oxygen atoms in total. The lowest BCUT2D eigenvalue weighted by atomic mass is 10.0. The third-order valence-corrected chi connectivity index (χ3v) is 3.48. The van der Waals surface area contributed by atoms with E-state index in [1.807, 2.05) is 0 Å². The molecule has 0 aliphatic heterocycles. The van der Waals surface area contributed by atoms with Crippen molar-refractivity contribution >= 4 is 11.6 Å². The number of rotatable bonds is 7. The molecule has 20 heavy (non-hydrogen) atoms. The van der Waals surface area contributed by atoms with Crippen LogP contribution in [0.25, 0.3) is 0 Å². The summed E-state index contributed by atoms with van der Waals surface area (Å²) in [7, 11) is 0. The summed E-state index contributed by atoms with van der Waals surface area (Å²) in [4.78, 5) is 10.9. The molecule has 0 amide bonds. The van der Waals surface area contributed by atoms with Crippen LogP contribution in [0.1, 0.15) is 53.0 Å². The van der Waals surface area contributed by atoms with Gasteiger partial charge in [-0.2, -0.15) is 0 Å². The Labute approximate surface area is 123 Å². The monoisotopic (exact) mass is 279 g/mol. The van der Waals surface area contributed by atoms with Crippen LogP contribution in [0.5, 0.6) is 0 Å². The Morgan fingerprint density at radius 1 is 1.10 bits per heavy atom. The molecule has 1 aromatic heterocycles. The lowest BCUT2D eigenvalue weighted by Gasteiger charge is -2.30. The Hall–Kier alpha value is -1.36. The van der Waals surface area contributed by atoms with Gasteiger partial charge in [0, 0.05) is 30.7 Å². The van der Waals surface area contributed by atoms with E-state index >= 15 is 0 Å². The van der Waals surface area contributed by atoms with Gasteiger partial charge in [-0.25, -0.2) is 9.97 Å². The first-order valence-corrected chi connectivity index (χ1v) is 7.44. The number of nitrogens with two attached hydrogens (primary N) is 1. The molecule has 0 aliphatic rings. The maximum Gasteiger partial charge on any atom is 0.135 e. The first-order chi connectivity index (χ1) is 9.34. The second-order valence-corrected chi connectivity index (χ2v) is 6.03. The second-order valence-electron chi connectivity index (χ2n) is 6.03. The van der Waals surface area contributed by atoms with Crippen LogP contribution in [0.2, 0.25) is 0 Å². The molecule has 0 spiro atoms. The largest absolute Gasteiger partial charge is 0.383 e. The van der Waals surface area contributed by atoms with Crippen molar-refractivity contribution in [3.63, 3.8) is 0 Å². The number of nitrogens with zero attached hydrogens (tertiary/aromatic N) is 3. The third kappa shape index (κ3) is 4.34.